The third-order valence-electron chi connectivity index (χ3n) is 4.05. The molecule has 0 unspecified atom stereocenters. The Morgan fingerprint density at radius 1 is 1.19 bits per heavy atom. The number of anilines is 2. The lowest BCUT2D eigenvalue weighted by atomic mass is 10.2. The number of likely N-dealkylation sites (N-methyl/N-ethyl adjacent to an activating group) is 1. The number of carbonyl (C=O) groups excluding carboxylic acids is 3. The maximum absolute atomic E-state index is 12.6. The van der Waals surface area contributed by atoms with Gasteiger partial charge >= 0.3 is 6.09 Å². The number of hydrogen-bond donors (Lipinski definition) is 2. The Morgan fingerprint density at radius 2 is 1.83 bits per heavy atom. The summed E-state index contributed by atoms with van der Waals surface area (Å²) in [6.45, 7) is 0.182. The van der Waals surface area contributed by atoms with E-state index < -0.39 is 16.2 Å². The second kappa shape index (κ2) is 13.4. The van der Waals surface area contributed by atoms with Gasteiger partial charge in [-0.05, 0) is 44.4 Å². The molecule has 1 aliphatic rings. The minimum Gasteiger partial charge on any atom is -0.451 e. The van der Waals surface area contributed by atoms with Crippen molar-refractivity contribution in [2.75, 3.05) is 50.0 Å². The molecule has 194 valence electrons. The van der Waals surface area contributed by atoms with E-state index in [1.54, 1.807) is 25.1 Å². The van der Waals surface area contributed by atoms with Gasteiger partial charge in [0.25, 0.3) is 10.1 Å². The zero-order valence-corrected chi connectivity index (χ0v) is 22.4. The number of thioether (sulfide) groups is 1. The van der Waals surface area contributed by atoms with Gasteiger partial charge in [-0.25, -0.2) is 4.79 Å². The van der Waals surface area contributed by atoms with Crippen molar-refractivity contribution in [1.29, 1.82) is 0 Å². The minimum atomic E-state index is -3.67. The molecular weight excluding hydrogens is 528 g/mol. The Bertz CT molecular complexity index is 1230. The fraction of sp³-hybridized carbons (Fsp3) is 0.273. The van der Waals surface area contributed by atoms with Crippen LogP contribution in [0.4, 0.5) is 16.2 Å². The molecule has 14 heteroatoms. The van der Waals surface area contributed by atoms with Crippen LogP contribution in [-0.4, -0.2) is 80.7 Å². The van der Waals surface area contributed by atoms with Gasteiger partial charge in [-0.3, -0.25) is 19.0 Å². The lowest BCUT2D eigenvalue weighted by molar-refractivity contribution is -0.117. The van der Waals surface area contributed by atoms with Gasteiger partial charge in [0.1, 0.15) is 0 Å². The van der Waals surface area contributed by atoms with E-state index in [0.29, 0.717) is 17.6 Å². The van der Waals surface area contributed by atoms with Gasteiger partial charge in [-0.2, -0.15) is 13.4 Å². The van der Waals surface area contributed by atoms with Crippen LogP contribution in [0.3, 0.4) is 0 Å². The molecule has 0 bridgehead atoms. The van der Waals surface area contributed by atoms with Crippen LogP contribution in [0.25, 0.3) is 0 Å². The number of methoxy groups -OCH3 is 1. The number of benzene rings is 2. The number of amides is 3. The van der Waals surface area contributed by atoms with E-state index in [1.165, 1.54) is 23.8 Å². The minimum absolute atomic E-state index is 0.140. The van der Waals surface area contributed by atoms with Gasteiger partial charge in [-0.15, -0.1) is 0 Å². The number of amidine groups is 1. The number of nitrogens with zero attached hydrogens (tertiary/aromatic N) is 3. The Labute approximate surface area is 218 Å². The fourth-order valence-electron chi connectivity index (χ4n) is 2.78. The summed E-state index contributed by atoms with van der Waals surface area (Å²) in [5.41, 5.74) is 0.906. The van der Waals surface area contributed by atoms with E-state index in [1.807, 2.05) is 42.5 Å². The molecule has 1 fully saturated rings. The van der Waals surface area contributed by atoms with E-state index in [9.17, 15) is 22.8 Å². The predicted octanol–water partition coefficient (Wildman–Crippen LogP) is 3.04. The highest BCUT2D eigenvalue weighted by Crippen LogP contribution is 2.37. The Balaban J connectivity index is 0.000000830. The highest BCUT2D eigenvalue weighted by Gasteiger charge is 2.32. The molecule has 1 aliphatic heterocycles. The Hall–Kier alpha value is -2.91. The molecular formula is C22H26N4O7S3. The summed E-state index contributed by atoms with van der Waals surface area (Å²) in [4.78, 5) is 45.6. The number of carbonyl (C=O) groups is 3. The summed E-state index contributed by atoms with van der Waals surface area (Å²) in [5, 5.41) is 3.10. The quantitative estimate of drug-likeness (QED) is 0.511. The van der Waals surface area contributed by atoms with Gasteiger partial charge < -0.3 is 15.0 Å². The van der Waals surface area contributed by atoms with Crippen molar-refractivity contribution in [3.05, 3.63) is 48.5 Å². The maximum Gasteiger partial charge on any atom is 0.435 e. The number of ether oxygens (including phenoxy) is 1. The van der Waals surface area contributed by atoms with Crippen LogP contribution in [0.15, 0.2) is 63.3 Å². The van der Waals surface area contributed by atoms with Crippen LogP contribution >= 0.6 is 23.5 Å². The average molecular weight is 555 g/mol. The molecule has 36 heavy (non-hydrogen) atoms. The van der Waals surface area contributed by atoms with Crippen molar-refractivity contribution in [3.8, 4) is 0 Å². The maximum atomic E-state index is 12.6. The summed E-state index contributed by atoms with van der Waals surface area (Å²) in [7, 11) is 1.15. The van der Waals surface area contributed by atoms with Crippen LogP contribution in [0, 0.1) is 0 Å². The first-order valence-corrected chi connectivity index (χ1v) is 13.9. The second-order valence-electron chi connectivity index (χ2n) is 7.50. The standard InChI is InChI=1S/C21H22N4O4S2.CH4O3S/c1-24(2)12-18(26)22-16-11-15(31-14-7-5-4-6-8-14)9-10-17(16)25-19(27)13-30-20(25)23-21(28)29-3;1-5(2,3)4/h4-11H,12-13H2,1-3H3,(H,22,26);1H3,(H,2,3,4). The van der Waals surface area contributed by atoms with Gasteiger partial charge in [0.05, 0.1) is 37.0 Å². The first-order valence-electron chi connectivity index (χ1n) is 10.2. The highest BCUT2D eigenvalue weighted by molar-refractivity contribution is 8.15. The van der Waals surface area contributed by atoms with Gasteiger partial charge in [0, 0.05) is 9.79 Å². The number of nitrogens with one attached hydrogen (secondary N) is 1. The average Bonchev–Trinajstić information content (AvgIpc) is 3.12. The number of aliphatic imine (C=N–C) groups is 1. The van der Waals surface area contributed by atoms with Crippen molar-refractivity contribution in [3.63, 3.8) is 0 Å². The molecule has 0 saturated carbocycles. The molecule has 0 aliphatic carbocycles. The summed E-state index contributed by atoms with van der Waals surface area (Å²) < 4.78 is 30.5. The van der Waals surface area contributed by atoms with E-state index >= 15 is 0 Å². The summed E-state index contributed by atoms with van der Waals surface area (Å²) in [6.07, 6.45) is -0.0795. The molecule has 11 nitrogen and oxygen atoms in total. The zero-order valence-electron chi connectivity index (χ0n) is 20.0. The molecule has 3 rings (SSSR count). The van der Waals surface area contributed by atoms with E-state index in [4.69, 9.17) is 4.55 Å². The molecule has 2 aromatic carbocycles. The normalized spacial score (nSPS) is 14.4. The van der Waals surface area contributed by atoms with E-state index in [0.717, 1.165) is 21.6 Å². The Kier molecular flexibility index (Phi) is 10.9. The molecule has 1 heterocycles. The smallest absolute Gasteiger partial charge is 0.435 e. The van der Waals surface area contributed by atoms with E-state index in [-0.39, 0.29) is 29.3 Å². The molecule has 0 radical (unpaired) electrons. The molecule has 0 spiro atoms. The van der Waals surface area contributed by atoms with Crippen LogP contribution in [-0.2, 0) is 24.4 Å². The van der Waals surface area contributed by atoms with Crippen LogP contribution in [0.1, 0.15) is 0 Å². The summed E-state index contributed by atoms with van der Waals surface area (Å²) >= 11 is 2.68. The Morgan fingerprint density at radius 3 is 2.42 bits per heavy atom. The molecule has 2 N–H and O–H groups in total. The highest BCUT2D eigenvalue weighted by atomic mass is 32.2. The summed E-state index contributed by atoms with van der Waals surface area (Å²) in [6, 6.07) is 15.2. The first-order chi connectivity index (χ1) is 16.9. The SMILES string of the molecule is COC(=O)N=C1SCC(=O)N1c1ccc(Sc2ccccc2)cc1NC(=O)CN(C)C.CS(=O)(=O)O. The molecule has 3 amide bonds. The first kappa shape index (κ1) is 29.3. The molecule has 1 saturated heterocycles. The van der Waals surface area contributed by atoms with Gasteiger partial charge in [0.2, 0.25) is 11.8 Å². The number of hydrogen-bond acceptors (Lipinski definition) is 9. The number of rotatable bonds is 6. The van der Waals surface area contributed by atoms with Crippen molar-refractivity contribution >= 4 is 68.1 Å². The monoisotopic (exact) mass is 554 g/mol. The predicted molar refractivity (Wildman–Crippen MR) is 141 cm³/mol. The van der Waals surface area contributed by atoms with Gasteiger partial charge in [-0.1, -0.05) is 41.7 Å². The molecule has 0 atom stereocenters. The largest absolute Gasteiger partial charge is 0.451 e. The third kappa shape index (κ3) is 9.99. The second-order valence-corrected chi connectivity index (χ2v) is 11.1. The van der Waals surface area contributed by atoms with Crippen LogP contribution < -0.4 is 10.2 Å². The summed E-state index contributed by atoms with van der Waals surface area (Å²) in [5.74, 6) is -0.320. The fourth-order valence-corrected chi connectivity index (χ4v) is 4.51. The lowest BCUT2D eigenvalue weighted by Crippen LogP contribution is -2.32. The van der Waals surface area contributed by atoms with E-state index in [2.05, 4.69) is 15.0 Å². The van der Waals surface area contributed by atoms with Crippen molar-refractivity contribution in [1.82, 2.24) is 4.90 Å². The molecule has 0 aromatic heterocycles. The molecule has 2 aromatic rings. The van der Waals surface area contributed by atoms with Crippen molar-refractivity contribution in [2.24, 2.45) is 4.99 Å². The topological polar surface area (TPSA) is 146 Å². The van der Waals surface area contributed by atoms with Crippen LogP contribution in [0.2, 0.25) is 0 Å². The lowest BCUT2D eigenvalue weighted by Gasteiger charge is -2.21. The van der Waals surface area contributed by atoms with Crippen molar-refractivity contribution < 1.29 is 32.1 Å². The van der Waals surface area contributed by atoms with Crippen molar-refractivity contribution in [2.45, 2.75) is 9.79 Å². The van der Waals surface area contributed by atoms with Crippen LogP contribution in [0.5, 0.6) is 0 Å². The third-order valence-corrected chi connectivity index (χ3v) is 5.97. The zero-order chi connectivity index (χ0) is 26.9. The van der Waals surface area contributed by atoms with Gasteiger partial charge in [0.15, 0.2) is 5.17 Å².